The number of carbonyl (C=O) groups excluding carboxylic acids is 2. The second kappa shape index (κ2) is 8.67. The zero-order valence-electron chi connectivity index (χ0n) is 13.8. The maximum absolute atomic E-state index is 12.3. The van der Waals surface area contributed by atoms with Crippen LogP contribution in [0.3, 0.4) is 0 Å². The summed E-state index contributed by atoms with van der Waals surface area (Å²) in [6.07, 6.45) is 2.29. The van der Waals surface area contributed by atoms with Crippen LogP contribution < -0.4 is 15.4 Å². The lowest BCUT2D eigenvalue weighted by molar-refractivity contribution is 0.0948. The molecule has 0 aliphatic carbocycles. The van der Waals surface area contributed by atoms with Crippen LogP contribution in [0.15, 0.2) is 42.6 Å². The predicted molar refractivity (Wildman–Crippen MR) is 92.4 cm³/mol. The van der Waals surface area contributed by atoms with Gasteiger partial charge in [0.2, 0.25) is 0 Å². The van der Waals surface area contributed by atoms with Gasteiger partial charge in [-0.25, -0.2) is 0 Å². The molecule has 2 aromatic rings. The number of nitrogens with one attached hydrogen (secondary N) is 2. The fourth-order valence-corrected chi connectivity index (χ4v) is 2.03. The van der Waals surface area contributed by atoms with Gasteiger partial charge in [0.1, 0.15) is 11.4 Å². The molecule has 2 rings (SSSR count). The van der Waals surface area contributed by atoms with Crippen molar-refractivity contribution < 1.29 is 14.3 Å². The quantitative estimate of drug-likeness (QED) is 0.819. The number of carbonyl (C=O) groups is 2. The van der Waals surface area contributed by atoms with E-state index in [1.807, 2.05) is 13.8 Å². The number of aromatic nitrogens is 1. The SMILES string of the molecule is CCCNC(=O)c1cc(C(=O)Nc2ccc(OCC)cc2)ccn1. The second-order valence-corrected chi connectivity index (χ2v) is 5.10. The van der Waals surface area contributed by atoms with Crippen molar-refractivity contribution in [1.82, 2.24) is 10.3 Å². The summed E-state index contributed by atoms with van der Waals surface area (Å²) in [5.74, 6) is 0.160. The maximum Gasteiger partial charge on any atom is 0.269 e. The van der Waals surface area contributed by atoms with Crippen LogP contribution in [0.4, 0.5) is 5.69 Å². The topological polar surface area (TPSA) is 80.3 Å². The number of rotatable bonds is 7. The summed E-state index contributed by atoms with van der Waals surface area (Å²) in [5.41, 5.74) is 1.25. The van der Waals surface area contributed by atoms with Crippen LogP contribution in [0.25, 0.3) is 0 Å². The molecule has 24 heavy (non-hydrogen) atoms. The molecule has 1 aromatic carbocycles. The van der Waals surface area contributed by atoms with Crippen LogP contribution in [-0.2, 0) is 0 Å². The van der Waals surface area contributed by atoms with Crippen LogP contribution in [0.2, 0.25) is 0 Å². The summed E-state index contributed by atoms with van der Waals surface area (Å²) in [4.78, 5) is 28.2. The smallest absolute Gasteiger partial charge is 0.269 e. The van der Waals surface area contributed by atoms with E-state index in [9.17, 15) is 9.59 Å². The molecule has 0 atom stereocenters. The van der Waals surface area contributed by atoms with Gasteiger partial charge in [0, 0.05) is 24.0 Å². The number of nitrogens with zero attached hydrogens (tertiary/aromatic N) is 1. The standard InChI is InChI=1S/C18H21N3O3/c1-3-10-20-18(23)16-12-13(9-11-19-16)17(22)21-14-5-7-15(8-6-14)24-4-2/h5-9,11-12H,3-4,10H2,1-2H3,(H,20,23)(H,21,22). The Balaban J connectivity index is 2.05. The lowest BCUT2D eigenvalue weighted by atomic mass is 10.2. The number of anilines is 1. The van der Waals surface area contributed by atoms with Gasteiger partial charge in [-0.05, 0) is 49.7 Å². The first-order chi connectivity index (χ1) is 11.6. The van der Waals surface area contributed by atoms with Gasteiger partial charge in [-0.2, -0.15) is 0 Å². The number of amides is 2. The molecule has 0 unspecified atom stereocenters. The fraction of sp³-hybridized carbons (Fsp3) is 0.278. The summed E-state index contributed by atoms with van der Waals surface area (Å²) in [7, 11) is 0. The van der Waals surface area contributed by atoms with Gasteiger partial charge in [0.05, 0.1) is 6.61 Å². The van der Waals surface area contributed by atoms with Crippen molar-refractivity contribution in [2.45, 2.75) is 20.3 Å². The molecule has 126 valence electrons. The second-order valence-electron chi connectivity index (χ2n) is 5.10. The molecule has 0 aliphatic rings. The van der Waals surface area contributed by atoms with Gasteiger partial charge in [-0.3, -0.25) is 14.6 Å². The Bertz CT molecular complexity index is 699. The van der Waals surface area contributed by atoms with Gasteiger partial charge >= 0.3 is 0 Å². The van der Waals surface area contributed by atoms with Gasteiger partial charge < -0.3 is 15.4 Å². The molecule has 6 nitrogen and oxygen atoms in total. The lowest BCUT2D eigenvalue weighted by Gasteiger charge is -2.08. The van der Waals surface area contributed by atoms with Crippen molar-refractivity contribution in [3.63, 3.8) is 0 Å². The van der Waals surface area contributed by atoms with E-state index < -0.39 is 0 Å². The minimum absolute atomic E-state index is 0.225. The monoisotopic (exact) mass is 327 g/mol. The van der Waals surface area contributed by atoms with Crippen LogP contribution in [0, 0.1) is 0 Å². The highest BCUT2D eigenvalue weighted by Gasteiger charge is 2.11. The van der Waals surface area contributed by atoms with Crippen LogP contribution in [0.5, 0.6) is 5.75 Å². The van der Waals surface area contributed by atoms with E-state index in [-0.39, 0.29) is 17.5 Å². The average molecular weight is 327 g/mol. The molecule has 0 fully saturated rings. The number of pyridine rings is 1. The Labute approximate surface area is 141 Å². The Kier molecular flexibility index (Phi) is 6.31. The molecule has 1 aromatic heterocycles. The minimum Gasteiger partial charge on any atom is -0.494 e. The van der Waals surface area contributed by atoms with Gasteiger partial charge in [-0.15, -0.1) is 0 Å². The Morgan fingerprint density at radius 1 is 1.08 bits per heavy atom. The Morgan fingerprint density at radius 3 is 2.50 bits per heavy atom. The van der Waals surface area contributed by atoms with Gasteiger partial charge in [0.25, 0.3) is 11.8 Å². The number of benzene rings is 1. The highest BCUT2D eigenvalue weighted by atomic mass is 16.5. The van der Waals surface area contributed by atoms with Gasteiger partial charge in [-0.1, -0.05) is 6.92 Å². The number of hydrogen-bond donors (Lipinski definition) is 2. The van der Waals surface area contributed by atoms with Crippen molar-refractivity contribution in [2.24, 2.45) is 0 Å². The summed E-state index contributed by atoms with van der Waals surface area (Å²) in [6.45, 7) is 5.04. The fourth-order valence-electron chi connectivity index (χ4n) is 2.03. The normalized spacial score (nSPS) is 10.1. The molecule has 6 heteroatoms. The third kappa shape index (κ3) is 4.81. The molecule has 2 amide bonds. The first-order valence-corrected chi connectivity index (χ1v) is 7.92. The lowest BCUT2D eigenvalue weighted by Crippen LogP contribution is -2.25. The van der Waals surface area contributed by atoms with E-state index in [1.165, 1.54) is 12.3 Å². The first kappa shape index (κ1) is 17.5. The summed E-state index contributed by atoms with van der Waals surface area (Å²) in [5, 5.41) is 5.52. The third-order valence-electron chi connectivity index (χ3n) is 3.21. The minimum atomic E-state index is -0.300. The molecule has 0 aliphatic heterocycles. The van der Waals surface area contributed by atoms with Crippen LogP contribution >= 0.6 is 0 Å². The first-order valence-electron chi connectivity index (χ1n) is 7.92. The van der Waals surface area contributed by atoms with E-state index >= 15 is 0 Å². The molecule has 0 saturated heterocycles. The largest absolute Gasteiger partial charge is 0.494 e. The predicted octanol–water partition coefficient (Wildman–Crippen LogP) is 2.87. The molecule has 0 bridgehead atoms. The van der Waals surface area contributed by atoms with Gasteiger partial charge in [0.15, 0.2) is 0 Å². The summed E-state index contributed by atoms with van der Waals surface area (Å²) < 4.78 is 5.36. The van der Waals surface area contributed by atoms with E-state index in [0.29, 0.717) is 24.4 Å². The number of hydrogen-bond acceptors (Lipinski definition) is 4. The Morgan fingerprint density at radius 2 is 1.83 bits per heavy atom. The maximum atomic E-state index is 12.3. The Hall–Kier alpha value is -2.89. The highest BCUT2D eigenvalue weighted by molar-refractivity contribution is 6.05. The summed E-state index contributed by atoms with van der Waals surface area (Å²) >= 11 is 0. The van der Waals surface area contributed by atoms with Crippen molar-refractivity contribution in [1.29, 1.82) is 0 Å². The molecule has 1 heterocycles. The van der Waals surface area contributed by atoms with Crippen molar-refractivity contribution in [3.05, 3.63) is 53.9 Å². The molecular formula is C18H21N3O3. The van der Waals surface area contributed by atoms with E-state index in [2.05, 4.69) is 15.6 Å². The van der Waals surface area contributed by atoms with Crippen molar-refractivity contribution >= 4 is 17.5 Å². The van der Waals surface area contributed by atoms with E-state index in [4.69, 9.17) is 4.74 Å². The highest BCUT2D eigenvalue weighted by Crippen LogP contribution is 2.16. The van der Waals surface area contributed by atoms with E-state index in [1.54, 1.807) is 30.3 Å². The van der Waals surface area contributed by atoms with Crippen LogP contribution in [0.1, 0.15) is 41.1 Å². The summed E-state index contributed by atoms with van der Waals surface area (Å²) in [6, 6.07) is 10.2. The van der Waals surface area contributed by atoms with E-state index in [0.717, 1.165) is 12.2 Å². The molecule has 0 saturated carbocycles. The number of ether oxygens (including phenoxy) is 1. The average Bonchev–Trinajstić information content (AvgIpc) is 2.61. The molecular weight excluding hydrogens is 306 g/mol. The molecule has 0 spiro atoms. The third-order valence-corrected chi connectivity index (χ3v) is 3.21. The zero-order chi connectivity index (χ0) is 17.4. The molecule has 2 N–H and O–H groups in total. The zero-order valence-corrected chi connectivity index (χ0v) is 13.8. The van der Waals surface area contributed by atoms with Crippen molar-refractivity contribution in [2.75, 3.05) is 18.5 Å². The molecule has 0 radical (unpaired) electrons. The van der Waals surface area contributed by atoms with Crippen molar-refractivity contribution in [3.8, 4) is 5.75 Å². The van der Waals surface area contributed by atoms with Crippen LogP contribution in [-0.4, -0.2) is 29.9 Å².